The summed E-state index contributed by atoms with van der Waals surface area (Å²) in [4.78, 5) is 30.3. The van der Waals surface area contributed by atoms with Gasteiger partial charge in [-0.1, -0.05) is 52.9 Å². The van der Waals surface area contributed by atoms with Crippen molar-refractivity contribution in [1.29, 1.82) is 0 Å². The Labute approximate surface area is 149 Å². The van der Waals surface area contributed by atoms with Crippen molar-refractivity contribution in [3.8, 4) is 0 Å². The monoisotopic (exact) mass is 353 g/mol. The van der Waals surface area contributed by atoms with Crippen LogP contribution in [0.2, 0.25) is 0 Å². The average molecular weight is 354 g/mol. The Morgan fingerprint density at radius 1 is 1.21 bits per heavy atom. The van der Waals surface area contributed by atoms with E-state index in [0.29, 0.717) is 24.0 Å². The molecule has 1 aromatic heterocycles. The van der Waals surface area contributed by atoms with E-state index >= 15 is 0 Å². The van der Waals surface area contributed by atoms with Crippen LogP contribution in [0.25, 0.3) is 0 Å². The molecular weight excluding hydrogens is 322 g/mol. The summed E-state index contributed by atoms with van der Waals surface area (Å²) >= 11 is 1.38. The first-order valence-corrected chi connectivity index (χ1v) is 9.88. The Morgan fingerprint density at radius 3 is 2.54 bits per heavy atom. The van der Waals surface area contributed by atoms with Crippen LogP contribution in [0, 0.1) is 5.92 Å². The maximum absolute atomic E-state index is 12.4. The molecule has 2 amide bonds. The predicted octanol–water partition coefficient (Wildman–Crippen LogP) is 4.32. The molecule has 6 heteroatoms. The highest BCUT2D eigenvalue weighted by atomic mass is 32.1. The average Bonchev–Trinajstić information content (AvgIpc) is 3.02. The standard InChI is InChI=1S/C18H31N3O2S/c1-4-5-6-7-8-9-10-17(23)21(13-15(2)3)14-16(22)20-18-19-11-12-24-18/h11-12,15H,4-10,13-14H2,1-3H3,(H,19,20,22). The fourth-order valence-electron chi connectivity index (χ4n) is 2.53. The molecule has 0 bridgehead atoms. The summed E-state index contributed by atoms with van der Waals surface area (Å²) in [6.07, 6.45) is 9.11. The molecule has 0 saturated carbocycles. The van der Waals surface area contributed by atoms with Crippen LogP contribution in [0.15, 0.2) is 11.6 Å². The molecule has 0 saturated heterocycles. The zero-order valence-corrected chi connectivity index (χ0v) is 16.0. The normalized spacial score (nSPS) is 10.8. The predicted molar refractivity (Wildman–Crippen MR) is 100 cm³/mol. The molecule has 0 fully saturated rings. The first-order chi connectivity index (χ1) is 11.5. The molecule has 5 nitrogen and oxygen atoms in total. The summed E-state index contributed by atoms with van der Waals surface area (Å²) < 4.78 is 0. The third-order valence-electron chi connectivity index (χ3n) is 3.70. The second-order valence-corrected chi connectivity index (χ2v) is 7.47. The number of carbonyl (C=O) groups excluding carboxylic acids is 2. The van der Waals surface area contributed by atoms with E-state index in [4.69, 9.17) is 0 Å². The molecule has 1 aromatic rings. The summed E-state index contributed by atoms with van der Waals surface area (Å²) in [6.45, 7) is 7.03. The Hall–Kier alpha value is -1.43. The van der Waals surface area contributed by atoms with Crippen molar-refractivity contribution < 1.29 is 9.59 Å². The van der Waals surface area contributed by atoms with Gasteiger partial charge in [-0.3, -0.25) is 9.59 Å². The largest absolute Gasteiger partial charge is 0.333 e. The minimum absolute atomic E-state index is 0.0773. The van der Waals surface area contributed by atoms with E-state index in [1.54, 1.807) is 11.1 Å². The van der Waals surface area contributed by atoms with Gasteiger partial charge in [0.25, 0.3) is 0 Å². The highest BCUT2D eigenvalue weighted by Crippen LogP contribution is 2.12. The van der Waals surface area contributed by atoms with Gasteiger partial charge in [0.05, 0.1) is 6.54 Å². The molecule has 0 spiro atoms. The van der Waals surface area contributed by atoms with Gasteiger partial charge in [0.1, 0.15) is 0 Å². The maximum Gasteiger partial charge on any atom is 0.245 e. The van der Waals surface area contributed by atoms with Crippen LogP contribution in [0.4, 0.5) is 5.13 Å². The van der Waals surface area contributed by atoms with Gasteiger partial charge in [0.2, 0.25) is 11.8 Å². The lowest BCUT2D eigenvalue weighted by Crippen LogP contribution is -2.40. The molecule has 1 heterocycles. The zero-order chi connectivity index (χ0) is 17.8. The van der Waals surface area contributed by atoms with Crippen molar-refractivity contribution in [3.63, 3.8) is 0 Å². The van der Waals surface area contributed by atoms with Crippen molar-refractivity contribution in [2.75, 3.05) is 18.4 Å². The molecule has 0 aliphatic heterocycles. The number of thiazole rings is 1. The summed E-state index contributed by atoms with van der Waals surface area (Å²) in [5.74, 6) is 0.238. The number of carbonyl (C=O) groups is 2. The first-order valence-electron chi connectivity index (χ1n) is 9.00. The minimum Gasteiger partial charge on any atom is -0.333 e. The van der Waals surface area contributed by atoms with Crippen molar-refractivity contribution in [3.05, 3.63) is 11.6 Å². The van der Waals surface area contributed by atoms with E-state index in [2.05, 4.69) is 31.1 Å². The van der Waals surface area contributed by atoms with E-state index < -0.39 is 0 Å². The number of nitrogens with zero attached hydrogens (tertiary/aromatic N) is 2. The van der Waals surface area contributed by atoms with E-state index in [-0.39, 0.29) is 18.4 Å². The van der Waals surface area contributed by atoms with E-state index in [1.165, 1.54) is 37.0 Å². The van der Waals surface area contributed by atoms with Gasteiger partial charge in [-0.05, 0) is 12.3 Å². The highest BCUT2D eigenvalue weighted by molar-refractivity contribution is 7.13. The molecule has 0 aliphatic rings. The number of rotatable bonds is 12. The van der Waals surface area contributed by atoms with Gasteiger partial charge in [-0.25, -0.2) is 4.98 Å². The third-order valence-corrected chi connectivity index (χ3v) is 4.38. The number of hydrogen-bond donors (Lipinski definition) is 1. The van der Waals surface area contributed by atoms with Crippen molar-refractivity contribution in [2.24, 2.45) is 5.92 Å². The molecule has 0 unspecified atom stereocenters. The minimum atomic E-state index is -0.179. The number of hydrogen-bond acceptors (Lipinski definition) is 4. The van der Waals surface area contributed by atoms with Gasteiger partial charge in [0.15, 0.2) is 5.13 Å². The van der Waals surface area contributed by atoms with Gasteiger partial charge in [-0.15, -0.1) is 11.3 Å². The second kappa shape index (κ2) is 12.0. The van der Waals surface area contributed by atoms with E-state index in [1.807, 2.05) is 5.38 Å². The van der Waals surface area contributed by atoms with Crippen LogP contribution < -0.4 is 5.32 Å². The third kappa shape index (κ3) is 9.01. The smallest absolute Gasteiger partial charge is 0.245 e. The Morgan fingerprint density at radius 2 is 1.92 bits per heavy atom. The van der Waals surface area contributed by atoms with Crippen LogP contribution in [-0.4, -0.2) is 34.8 Å². The molecular formula is C18H31N3O2S. The number of nitrogens with one attached hydrogen (secondary N) is 1. The van der Waals surface area contributed by atoms with Crippen LogP contribution in [-0.2, 0) is 9.59 Å². The molecule has 24 heavy (non-hydrogen) atoms. The number of aromatic nitrogens is 1. The lowest BCUT2D eigenvalue weighted by Gasteiger charge is -2.24. The molecule has 1 rings (SSSR count). The second-order valence-electron chi connectivity index (χ2n) is 6.57. The lowest BCUT2D eigenvalue weighted by molar-refractivity contribution is -0.135. The maximum atomic E-state index is 12.4. The van der Waals surface area contributed by atoms with Crippen LogP contribution in [0.5, 0.6) is 0 Å². The number of amides is 2. The quantitative estimate of drug-likeness (QED) is 0.569. The molecule has 0 radical (unpaired) electrons. The van der Waals surface area contributed by atoms with Crippen molar-refractivity contribution in [1.82, 2.24) is 9.88 Å². The van der Waals surface area contributed by atoms with Gasteiger partial charge in [-0.2, -0.15) is 0 Å². The Kier molecular flexibility index (Phi) is 10.3. The van der Waals surface area contributed by atoms with Crippen LogP contribution in [0.3, 0.4) is 0 Å². The molecule has 136 valence electrons. The first kappa shape index (κ1) is 20.6. The topological polar surface area (TPSA) is 62.3 Å². The summed E-state index contributed by atoms with van der Waals surface area (Å²) in [7, 11) is 0. The molecule has 0 atom stereocenters. The van der Waals surface area contributed by atoms with Gasteiger partial charge in [0, 0.05) is 24.5 Å². The fraction of sp³-hybridized carbons (Fsp3) is 0.722. The number of anilines is 1. The van der Waals surface area contributed by atoms with E-state index in [0.717, 1.165) is 12.8 Å². The molecule has 1 N–H and O–H groups in total. The fourth-order valence-corrected chi connectivity index (χ4v) is 3.07. The summed E-state index contributed by atoms with van der Waals surface area (Å²) in [5, 5.41) is 5.13. The van der Waals surface area contributed by atoms with Gasteiger partial charge < -0.3 is 10.2 Å². The van der Waals surface area contributed by atoms with Crippen molar-refractivity contribution in [2.45, 2.75) is 65.7 Å². The van der Waals surface area contributed by atoms with Crippen LogP contribution in [0.1, 0.15) is 65.7 Å². The summed E-state index contributed by atoms with van der Waals surface area (Å²) in [6, 6.07) is 0. The van der Waals surface area contributed by atoms with Crippen molar-refractivity contribution >= 4 is 28.3 Å². The van der Waals surface area contributed by atoms with Crippen LogP contribution >= 0.6 is 11.3 Å². The Bertz CT molecular complexity index is 475. The Balaban J connectivity index is 2.39. The molecule has 0 aliphatic carbocycles. The molecule has 0 aromatic carbocycles. The SMILES string of the molecule is CCCCCCCCC(=O)N(CC(=O)Nc1nccs1)CC(C)C. The zero-order valence-electron chi connectivity index (χ0n) is 15.2. The number of unbranched alkanes of at least 4 members (excludes halogenated alkanes) is 5. The summed E-state index contributed by atoms with van der Waals surface area (Å²) in [5.41, 5.74) is 0. The van der Waals surface area contributed by atoms with Gasteiger partial charge >= 0.3 is 0 Å². The lowest BCUT2D eigenvalue weighted by atomic mass is 10.1. The van der Waals surface area contributed by atoms with E-state index in [9.17, 15) is 9.59 Å². The highest BCUT2D eigenvalue weighted by Gasteiger charge is 2.18.